The second kappa shape index (κ2) is 8.57. The van der Waals surface area contributed by atoms with Crippen LogP contribution in [0.25, 0.3) is 0 Å². The van der Waals surface area contributed by atoms with E-state index in [1.54, 1.807) is 12.7 Å². The SMILES string of the molecule is O=C(C(c1ccccc1)c1ccc(Cl)cc1)N1CCC(Cn2cnnc2)CC1. The molecule has 1 aromatic heterocycles. The van der Waals surface area contributed by atoms with E-state index in [9.17, 15) is 4.79 Å². The topological polar surface area (TPSA) is 51.0 Å². The molecule has 0 aliphatic carbocycles. The number of carbonyl (C=O) groups excluding carboxylic acids is 1. The van der Waals surface area contributed by atoms with Gasteiger partial charge in [-0.2, -0.15) is 0 Å². The number of piperidine rings is 1. The molecule has 1 atom stereocenters. The highest BCUT2D eigenvalue weighted by Crippen LogP contribution is 2.30. The van der Waals surface area contributed by atoms with Crippen molar-refractivity contribution in [3.8, 4) is 0 Å². The van der Waals surface area contributed by atoms with Gasteiger partial charge < -0.3 is 9.47 Å². The number of benzene rings is 2. The highest BCUT2D eigenvalue weighted by atomic mass is 35.5. The van der Waals surface area contributed by atoms with Gasteiger partial charge in [0.1, 0.15) is 12.7 Å². The number of hydrogen-bond acceptors (Lipinski definition) is 3. The maximum atomic E-state index is 13.5. The van der Waals surface area contributed by atoms with E-state index in [4.69, 9.17) is 11.6 Å². The Morgan fingerprint density at radius 2 is 1.57 bits per heavy atom. The first kappa shape index (κ1) is 18.7. The number of nitrogens with zero attached hydrogens (tertiary/aromatic N) is 4. The van der Waals surface area contributed by atoms with Gasteiger partial charge in [0.25, 0.3) is 0 Å². The summed E-state index contributed by atoms with van der Waals surface area (Å²) in [7, 11) is 0. The Balaban J connectivity index is 1.49. The molecular formula is C22H23ClN4O. The fourth-order valence-electron chi connectivity index (χ4n) is 3.91. The van der Waals surface area contributed by atoms with Crippen molar-refractivity contribution in [2.75, 3.05) is 13.1 Å². The molecule has 4 rings (SSSR count). The van der Waals surface area contributed by atoms with Gasteiger partial charge in [0, 0.05) is 24.7 Å². The molecule has 2 aromatic carbocycles. The highest BCUT2D eigenvalue weighted by molar-refractivity contribution is 6.30. The first-order valence-corrected chi connectivity index (χ1v) is 10.00. The van der Waals surface area contributed by atoms with Crippen LogP contribution in [0.15, 0.2) is 67.3 Å². The Hall–Kier alpha value is -2.66. The van der Waals surface area contributed by atoms with E-state index in [1.165, 1.54) is 0 Å². The van der Waals surface area contributed by atoms with Crippen LogP contribution in [0.2, 0.25) is 5.02 Å². The molecule has 28 heavy (non-hydrogen) atoms. The normalized spacial score (nSPS) is 16.1. The zero-order valence-electron chi connectivity index (χ0n) is 15.6. The molecule has 1 aliphatic rings. The van der Waals surface area contributed by atoms with E-state index in [0.29, 0.717) is 10.9 Å². The van der Waals surface area contributed by atoms with Gasteiger partial charge >= 0.3 is 0 Å². The van der Waals surface area contributed by atoms with Crippen LogP contribution < -0.4 is 0 Å². The van der Waals surface area contributed by atoms with Crippen LogP contribution in [-0.4, -0.2) is 38.7 Å². The average Bonchev–Trinajstić information content (AvgIpc) is 3.24. The number of rotatable bonds is 5. The van der Waals surface area contributed by atoms with E-state index < -0.39 is 0 Å². The lowest BCUT2D eigenvalue weighted by Crippen LogP contribution is -2.42. The van der Waals surface area contributed by atoms with Crippen LogP contribution in [0.1, 0.15) is 29.9 Å². The van der Waals surface area contributed by atoms with Crippen LogP contribution in [0.3, 0.4) is 0 Å². The minimum atomic E-state index is -0.298. The van der Waals surface area contributed by atoms with Crippen LogP contribution in [-0.2, 0) is 11.3 Å². The molecule has 1 saturated heterocycles. The third-order valence-electron chi connectivity index (χ3n) is 5.44. The Bertz CT molecular complexity index is 888. The monoisotopic (exact) mass is 394 g/mol. The highest BCUT2D eigenvalue weighted by Gasteiger charge is 2.30. The lowest BCUT2D eigenvalue weighted by atomic mass is 9.88. The predicted octanol–water partition coefficient (Wildman–Crippen LogP) is 4.00. The molecule has 1 aliphatic heterocycles. The molecule has 144 valence electrons. The maximum absolute atomic E-state index is 13.5. The fourth-order valence-corrected chi connectivity index (χ4v) is 4.04. The predicted molar refractivity (Wildman–Crippen MR) is 109 cm³/mol. The molecule has 5 nitrogen and oxygen atoms in total. The molecule has 0 radical (unpaired) electrons. The summed E-state index contributed by atoms with van der Waals surface area (Å²) in [5, 5.41) is 8.41. The first-order valence-electron chi connectivity index (χ1n) is 9.62. The van der Waals surface area contributed by atoms with Crippen molar-refractivity contribution in [3.63, 3.8) is 0 Å². The van der Waals surface area contributed by atoms with Crippen molar-refractivity contribution in [1.29, 1.82) is 0 Å². The maximum Gasteiger partial charge on any atom is 0.234 e. The zero-order valence-corrected chi connectivity index (χ0v) is 16.4. The van der Waals surface area contributed by atoms with Crippen LogP contribution in [0.4, 0.5) is 0 Å². The second-order valence-corrected chi connectivity index (χ2v) is 7.76. The summed E-state index contributed by atoms with van der Waals surface area (Å²) in [5.41, 5.74) is 1.99. The molecule has 0 spiro atoms. The standard InChI is InChI=1S/C22H23ClN4O/c23-20-8-6-19(7-9-20)21(18-4-2-1-3-5-18)22(28)27-12-10-17(11-13-27)14-26-15-24-25-16-26/h1-9,15-17,21H,10-14H2. The Kier molecular flexibility index (Phi) is 5.72. The van der Waals surface area contributed by atoms with Crippen molar-refractivity contribution in [2.24, 2.45) is 5.92 Å². The molecule has 1 fully saturated rings. The molecule has 1 amide bonds. The van der Waals surface area contributed by atoms with Crippen molar-refractivity contribution in [1.82, 2.24) is 19.7 Å². The summed E-state index contributed by atoms with van der Waals surface area (Å²) in [6.45, 7) is 2.47. The van der Waals surface area contributed by atoms with E-state index in [1.807, 2.05) is 64.1 Å². The van der Waals surface area contributed by atoms with E-state index in [0.717, 1.165) is 43.6 Å². The third kappa shape index (κ3) is 4.25. The van der Waals surface area contributed by atoms with Gasteiger partial charge in [-0.1, -0.05) is 54.1 Å². The number of halogens is 1. The molecule has 0 bridgehead atoms. The summed E-state index contributed by atoms with van der Waals surface area (Å²) in [6, 6.07) is 17.6. The van der Waals surface area contributed by atoms with Crippen molar-refractivity contribution >= 4 is 17.5 Å². The summed E-state index contributed by atoms with van der Waals surface area (Å²) >= 11 is 6.06. The summed E-state index contributed by atoms with van der Waals surface area (Å²) in [5.74, 6) is 0.412. The summed E-state index contributed by atoms with van der Waals surface area (Å²) in [4.78, 5) is 15.5. The van der Waals surface area contributed by atoms with Crippen molar-refractivity contribution in [3.05, 3.63) is 83.4 Å². The molecule has 6 heteroatoms. The molecule has 0 saturated carbocycles. The van der Waals surface area contributed by atoms with Crippen molar-refractivity contribution in [2.45, 2.75) is 25.3 Å². The quantitative estimate of drug-likeness (QED) is 0.657. The fraction of sp³-hybridized carbons (Fsp3) is 0.318. The van der Waals surface area contributed by atoms with Gasteiger partial charge in [0.2, 0.25) is 5.91 Å². The Labute approximate surface area is 170 Å². The van der Waals surface area contributed by atoms with Crippen LogP contribution in [0.5, 0.6) is 0 Å². The lowest BCUT2D eigenvalue weighted by molar-refractivity contribution is -0.133. The smallest absolute Gasteiger partial charge is 0.234 e. The zero-order chi connectivity index (χ0) is 19.3. The number of amides is 1. The molecule has 0 N–H and O–H groups in total. The molecular weight excluding hydrogens is 372 g/mol. The Morgan fingerprint density at radius 3 is 2.21 bits per heavy atom. The van der Waals surface area contributed by atoms with E-state index in [-0.39, 0.29) is 11.8 Å². The summed E-state index contributed by atoms with van der Waals surface area (Å²) in [6.07, 6.45) is 5.49. The lowest BCUT2D eigenvalue weighted by Gasteiger charge is -2.34. The van der Waals surface area contributed by atoms with Crippen LogP contribution >= 0.6 is 11.6 Å². The van der Waals surface area contributed by atoms with Gasteiger partial charge in [0.05, 0.1) is 5.92 Å². The van der Waals surface area contributed by atoms with Gasteiger partial charge in [-0.3, -0.25) is 4.79 Å². The first-order chi connectivity index (χ1) is 13.7. The minimum Gasteiger partial charge on any atom is -0.342 e. The van der Waals surface area contributed by atoms with Gasteiger partial charge in [-0.05, 0) is 42.0 Å². The van der Waals surface area contributed by atoms with Gasteiger partial charge in [0.15, 0.2) is 0 Å². The second-order valence-electron chi connectivity index (χ2n) is 7.32. The average molecular weight is 395 g/mol. The molecule has 3 aromatic rings. The molecule has 1 unspecified atom stereocenters. The van der Waals surface area contributed by atoms with Gasteiger partial charge in [-0.25, -0.2) is 0 Å². The number of aromatic nitrogens is 3. The number of likely N-dealkylation sites (tertiary alicyclic amines) is 1. The largest absolute Gasteiger partial charge is 0.342 e. The van der Waals surface area contributed by atoms with E-state index in [2.05, 4.69) is 10.2 Å². The number of hydrogen-bond donors (Lipinski definition) is 0. The molecule has 2 heterocycles. The van der Waals surface area contributed by atoms with Gasteiger partial charge in [-0.15, -0.1) is 10.2 Å². The van der Waals surface area contributed by atoms with Crippen LogP contribution in [0, 0.1) is 5.92 Å². The number of carbonyl (C=O) groups is 1. The van der Waals surface area contributed by atoms with Crippen molar-refractivity contribution < 1.29 is 4.79 Å². The summed E-state index contributed by atoms with van der Waals surface area (Å²) < 4.78 is 2.02. The Morgan fingerprint density at radius 1 is 0.964 bits per heavy atom. The third-order valence-corrected chi connectivity index (χ3v) is 5.70. The minimum absolute atomic E-state index is 0.163. The van der Waals surface area contributed by atoms with E-state index >= 15 is 0 Å².